The standard InChI is InChI=1S/C10H19NO4S/c1-9(2,3)15-8(12)10(16(4,13)14)5-6-11-7-10/h11H,5-7H2,1-4H3. The van der Waals surface area contributed by atoms with Crippen LogP contribution in [0.15, 0.2) is 0 Å². The van der Waals surface area contributed by atoms with Crippen LogP contribution in [0.4, 0.5) is 0 Å². The third-order valence-corrected chi connectivity index (χ3v) is 4.53. The molecule has 5 nitrogen and oxygen atoms in total. The van der Waals surface area contributed by atoms with Crippen LogP contribution in [0, 0.1) is 0 Å². The van der Waals surface area contributed by atoms with Gasteiger partial charge >= 0.3 is 5.97 Å². The Kier molecular flexibility index (Phi) is 3.36. The molecule has 1 aliphatic rings. The largest absolute Gasteiger partial charge is 0.459 e. The molecule has 1 N–H and O–H groups in total. The van der Waals surface area contributed by atoms with Crippen LogP contribution in [-0.2, 0) is 19.4 Å². The number of carbonyl (C=O) groups is 1. The minimum Gasteiger partial charge on any atom is -0.459 e. The molecule has 0 aromatic carbocycles. The number of hydrogen-bond acceptors (Lipinski definition) is 5. The first-order valence-corrected chi connectivity index (χ1v) is 7.11. The van der Waals surface area contributed by atoms with Gasteiger partial charge in [-0.25, -0.2) is 8.42 Å². The van der Waals surface area contributed by atoms with E-state index in [2.05, 4.69) is 5.32 Å². The van der Waals surface area contributed by atoms with E-state index < -0.39 is 26.2 Å². The highest BCUT2D eigenvalue weighted by Crippen LogP contribution is 2.28. The van der Waals surface area contributed by atoms with Gasteiger partial charge in [0.05, 0.1) is 0 Å². The van der Waals surface area contributed by atoms with Crippen LogP contribution < -0.4 is 5.32 Å². The van der Waals surface area contributed by atoms with Crippen LogP contribution >= 0.6 is 0 Å². The lowest BCUT2D eigenvalue weighted by molar-refractivity contribution is -0.157. The van der Waals surface area contributed by atoms with E-state index in [1.165, 1.54) is 0 Å². The quantitative estimate of drug-likeness (QED) is 0.703. The summed E-state index contributed by atoms with van der Waals surface area (Å²) in [5, 5.41) is 2.91. The SMILES string of the molecule is CC(C)(C)OC(=O)C1(S(C)(=O)=O)CCNC1. The van der Waals surface area contributed by atoms with Gasteiger partial charge in [-0.15, -0.1) is 0 Å². The van der Waals surface area contributed by atoms with Crippen molar-refractivity contribution in [1.29, 1.82) is 0 Å². The van der Waals surface area contributed by atoms with Gasteiger partial charge in [0.15, 0.2) is 14.6 Å². The highest BCUT2D eigenvalue weighted by Gasteiger charge is 2.52. The summed E-state index contributed by atoms with van der Waals surface area (Å²) >= 11 is 0. The molecule has 0 spiro atoms. The van der Waals surface area contributed by atoms with E-state index in [1.807, 2.05) is 0 Å². The van der Waals surface area contributed by atoms with E-state index in [1.54, 1.807) is 20.8 Å². The van der Waals surface area contributed by atoms with E-state index in [4.69, 9.17) is 4.74 Å². The van der Waals surface area contributed by atoms with Crippen LogP contribution in [0.1, 0.15) is 27.2 Å². The summed E-state index contributed by atoms with van der Waals surface area (Å²) in [7, 11) is -3.47. The Hall–Kier alpha value is -0.620. The van der Waals surface area contributed by atoms with Gasteiger partial charge in [0.2, 0.25) is 0 Å². The minimum atomic E-state index is -3.47. The summed E-state index contributed by atoms with van der Waals surface area (Å²) in [4.78, 5) is 12.0. The minimum absolute atomic E-state index is 0.140. The van der Waals surface area contributed by atoms with Gasteiger partial charge in [0, 0.05) is 12.8 Å². The molecule has 1 unspecified atom stereocenters. The van der Waals surface area contributed by atoms with Crippen LogP contribution in [0.3, 0.4) is 0 Å². The predicted octanol–water partition coefficient (Wildman–Crippen LogP) is 0.105. The van der Waals surface area contributed by atoms with E-state index in [0.717, 1.165) is 6.26 Å². The molecule has 94 valence electrons. The molecular weight excluding hydrogens is 230 g/mol. The highest BCUT2D eigenvalue weighted by molar-refractivity contribution is 7.92. The lowest BCUT2D eigenvalue weighted by Gasteiger charge is -2.29. The van der Waals surface area contributed by atoms with Gasteiger partial charge in [-0.2, -0.15) is 0 Å². The van der Waals surface area contributed by atoms with Crippen molar-refractivity contribution >= 4 is 15.8 Å². The summed E-state index contributed by atoms with van der Waals surface area (Å²) in [6.07, 6.45) is 1.37. The lowest BCUT2D eigenvalue weighted by Crippen LogP contribution is -2.50. The molecule has 1 fully saturated rings. The van der Waals surface area contributed by atoms with Crippen molar-refractivity contribution in [2.75, 3.05) is 19.3 Å². The molecule has 1 atom stereocenters. The zero-order chi connectivity index (χ0) is 12.6. The Bertz CT molecular complexity index is 374. The molecule has 1 heterocycles. The lowest BCUT2D eigenvalue weighted by atomic mass is 10.1. The van der Waals surface area contributed by atoms with Crippen LogP contribution in [0.2, 0.25) is 0 Å². The average molecular weight is 249 g/mol. The fourth-order valence-electron chi connectivity index (χ4n) is 1.68. The molecule has 1 rings (SSSR count). The first-order chi connectivity index (χ1) is 7.08. The molecule has 1 aliphatic heterocycles. The Morgan fingerprint density at radius 1 is 1.38 bits per heavy atom. The average Bonchev–Trinajstić information content (AvgIpc) is 2.46. The smallest absolute Gasteiger partial charge is 0.329 e. The second-order valence-corrected chi connectivity index (χ2v) is 7.52. The zero-order valence-electron chi connectivity index (χ0n) is 10.2. The van der Waals surface area contributed by atoms with Crippen molar-refractivity contribution in [3.05, 3.63) is 0 Å². The summed E-state index contributed by atoms with van der Waals surface area (Å²) < 4.78 is 27.3. The molecule has 0 bridgehead atoms. The number of ether oxygens (including phenoxy) is 1. The molecule has 0 radical (unpaired) electrons. The number of nitrogens with one attached hydrogen (secondary N) is 1. The molecular formula is C10H19NO4S. The van der Waals surface area contributed by atoms with Crippen molar-refractivity contribution in [2.45, 2.75) is 37.5 Å². The van der Waals surface area contributed by atoms with Crippen molar-refractivity contribution < 1.29 is 17.9 Å². The summed E-state index contributed by atoms with van der Waals surface area (Å²) in [6.45, 7) is 5.84. The molecule has 0 amide bonds. The fraction of sp³-hybridized carbons (Fsp3) is 0.900. The topological polar surface area (TPSA) is 72.5 Å². The summed E-state index contributed by atoms with van der Waals surface area (Å²) in [6, 6.07) is 0. The fourth-order valence-corrected chi connectivity index (χ4v) is 2.86. The number of hydrogen-bond donors (Lipinski definition) is 1. The number of carbonyl (C=O) groups excluding carboxylic acids is 1. The van der Waals surface area contributed by atoms with Gasteiger partial charge in [0.25, 0.3) is 0 Å². The van der Waals surface area contributed by atoms with Crippen LogP contribution in [-0.4, -0.2) is 44.1 Å². The van der Waals surface area contributed by atoms with Gasteiger partial charge in [-0.05, 0) is 33.7 Å². The Morgan fingerprint density at radius 3 is 2.25 bits per heavy atom. The van der Waals surface area contributed by atoms with Gasteiger partial charge in [-0.1, -0.05) is 0 Å². The van der Waals surface area contributed by atoms with E-state index in [-0.39, 0.29) is 13.0 Å². The second kappa shape index (κ2) is 4.00. The number of sulfone groups is 1. The van der Waals surface area contributed by atoms with Gasteiger partial charge < -0.3 is 10.1 Å². The maximum absolute atomic E-state index is 12.0. The highest BCUT2D eigenvalue weighted by atomic mass is 32.2. The maximum atomic E-state index is 12.0. The summed E-state index contributed by atoms with van der Waals surface area (Å²) in [5.41, 5.74) is -0.669. The monoisotopic (exact) mass is 249 g/mol. The third-order valence-electron chi connectivity index (χ3n) is 2.60. The van der Waals surface area contributed by atoms with Crippen LogP contribution in [0.5, 0.6) is 0 Å². The Labute approximate surface area is 96.5 Å². The number of esters is 1. The van der Waals surface area contributed by atoms with Gasteiger partial charge in [0.1, 0.15) is 5.60 Å². The molecule has 0 saturated carbocycles. The van der Waals surface area contributed by atoms with Crippen molar-refractivity contribution in [3.63, 3.8) is 0 Å². The first-order valence-electron chi connectivity index (χ1n) is 5.22. The molecule has 16 heavy (non-hydrogen) atoms. The van der Waals surface area contributed by atoms with E-state index in [9.17, 15) is 13.2 Å². The van der Waals surface area contributed by atoms with Crippen molar-refractivity contribution in [1.82, 2.24) is 5.32 Å². The first kappa shape index (κ1) is 13.4. The van der Waals surface area contributed by atoms with Crippen molar-refractivity contribution in [3.8, 4) is 0 Å². The normalized spacial score (nSPS) is 26.8. The van der Waals surface area contributed by atoms with E-state index in [0.29, 0.717) is 6.54 Å². The molecule has 6 heteroatoms. The molecule has 0 aromatic rings. The maximum Gasteiger partial charge on any atom is 0.329 e. The van der Waals surface area contributed by atoms with Gasteiger partial charge in [-0.3, -0.25) is 4.79 Å². The Morgan fingerprint density at radius 2 is 1.94 bits per heavy atom. The predicted molar refractivity (Wildman–Crippen MR) is 60.9 cm³/mol. The molecule has 0 aromatic heterocycles. The van der Waals surface area contributed by atoms with Crippen molar-refractivity contribution in [2.24, 2.45) is 0 Å². The number of rotatable bonds is 2. The van der Waals surface area contributed by atoms with E-state index >= 15 is 0 Å². The zero-order valence-corrected chi connectivity index (χ0v) is 11.0. The summed E-state index contributed by atoms with van der Waals surface area (Å²) in [5.74, 6) is -0.646. The molecule has 0 aliphatic carbocycles. The molecule has 1 saturated heterocycles. The third kappa shape index (κ3) is 2.55. The Balaban J connectivity index is 3.01. The second-order valence-electron chi connectivity index (χ2n) is 5.20. The van der Waals surface area contributed by atoms with Crippen LogP contribution in [0.25, 0.3) is 0 Å².